The lowest BCUT2D eigenvalue weighted by atomic mass is 10.2. The van der Waals surface area contributed by atoms with E-state index < -0.39 is 0 Å². The van der Waals surface area contributed by atoms with Crippen molar-refractivity contribution < 1.29 is 14.3 Å². The highest BCUT2D eigenvalue weighted by molar-refractivity contribution is 9.10. The van der Waals surface area contributed by atoms with E-state index in [1.165, 1.54) is 0 Å². The van der Waals surface area contributed by atoms with Gasteiger partial charge in [0.15, 0.2) is 0 Å². The summed E-state index contributed by atoms with van der Waals surface area (Å²) >= 11 is 3.48. The Kier molecular flexibility index (Phi) is 9.10. The number of rotatable bonds is 10. The van der Waals surface area contributed by atoms with Crippen LogP contribution in [0.2, 0.25) is 0 Å². The number of ether oxygens (including phenoxy) is 2. The predicted octanol–water partition coefficient (Wildman–Crippen LogP) is 3.67. The molecule has 5 heteroatoms. The molecule has 1 aromatic rings. The van der Waals surface area contributed by atoms with E-state index in [0.29, 0.717) is 13.0 Å². The summed E-state index contributed by atoms with van der Waals surface area (Å²) < 4.78 is 11.7. The van der Waals surface area contributed by atoms with E-state index in [4.69, 9.17) is 9.47 Å². The number of halogens is 1. The first-order valence-corrected chi connectivity index (χ1v) is 8.24. The zero-order chi connectivity index (χ0) is 15.5. The number of benzene rings is 1. The molecule has 0 saturated carbocycles. The fourth-order valence-corrected chi connectivity index (χ4v) is 2.26. The number of hydrogen-bond acceptors (Lipinski definition) is 4. The Morgan fingerprint density at radius 2 is 2.14 bits per heavy atom. The molecule has 1 N–H and O–H groups in total. The summed E-state index contributed by atoms with van der Waals surface area (Å²) in [5.41, 5.74) is 1.12. The van der Waals surface area contributed by atoms with Crippen LogP contribution in [0.25, 0.3) is 0 Å². The van der Waals surface area contributed by atoms with Gasteiger partial charge >= 0.3 is 5.97 Å². The Bertz CT molecular complexity index is 438. The summed E-state index contributed by atoms with van der Waals surface area (Å²) in [6.45, 7) is 6.58. The molecule has 0 spiro atoms. The van der Waals surface area contributed by atoms with E-state index >= 15 is 0 Å². The summed E-state index contributed by atoms with van der Waals surface area (Å²) in [5.74, 6) is 0.784. The number of nitrogens with one attached hydrogen (secondary N) is 1. The number of carbonyl (C=O) groups excluding carboxylic acids is 1. The Labute approximate surface area is 135 Å². The van der Waals surface area contributed by atoms with E-state index in [1.807, 2.05) is 19.1 Å². The molecule has 0 fully saturated rings. The first-order chi connectivity index (χ1) is 10.2. The van der Waals surface area contributed by atoms with Gasteiger partial charge in [0.25, 0.3) is 0 Å². The number of hydrogen-bond donors (Lipinski definition) is 1. The second-order valence-electron chi connectivity index (χ2n) is 4.69. The molecule has 0 heterocycles. The lowest BCUT2D eigenvalue weighted by Crippen LogP contribution is -2.17. The van der Waals surface area contributed by atoms with Gasteiger partial charge in [-0.05, 0) is 44.5 Å². The van der Waals surface area contributed by atoms with Gasteiger partial charge in [-0.2, -0.15) is 0 Å². The van der Waals surface area contributed by atoms with Crippen LogP contribution in [-0.2, 0) is 16.1 Å². The highest BCUT2D eigenvalue weighted by Gasteiger charge is 2.05. The number of carbonyl (C=O) groups is 1. The normalized spacial score (nSPS) is 10.4. The highest BCUT2D eigenvalue weighted by Crippen LogP contribution is 2.23. The van der Waals surface area contributed by atoms with E-state index in [-0.39, 0.29) is 5.97 Å². The first kappa shape index (κ1) is 18.0. The van der Waals surface area contributed by atoms with Crippen LogP contribution in [0, 0.1) is 0 Å². The van der Waals surface area contributed by atoms with Crippen LogP contribution in [-0.4, -0.2) is 25.7 Å². The molecule has 1 aromatic carbocycles. The average Bonchev–Trinajstić information content (AvgIpc) is 2.46. The van der Waals surface area contributed by atoms with Crippen molar-refractivity contribution in [2.24, 2.45) is 0 Å². The molecule has 0 aromatic heterocycles. The Morgan fingerprint density at radius 1 is 1.33 bits per heavy atom. The van der Waals surface area contributed by atoms with Crippen molar-refractivity contribution in [3.8, 4) is 5.75 Å². The molecule has 4 nitrogen and oxygen atoms in total. The third kappa shape index (κ3) is 7.48. The summed E-state index contributed by atoms with van der Waals surface area (Å²) in [7, 11) is 0. The van der Waals surface area contributed by atoms with Gasteiger partial charge in [0.05, 0.1) is 13.2 Å². The smallest absolute Gasteiger partial charge is 0.305 e. The van der Waals surface area contributed by atoms with E-state index in [2.05, 4.69) is 34.2 Å². The van der Waals surface area contributed by atoms with E-state index in [1.54, 1.807) is 0 Å². The second kappa shape index (κ2) is 10.6. The van der Waals surface area contributed by atoms with Gasteiger partial charge in [-0.1, -0.05) is 22.9 Å². The van der Waals surface area contributed by atoms with Gasteiger partial charge in [-0.3, -0.25) is 4.79 Å². The van der Waals surface area contributed by atoms with Crippen molar-refractivity contribution in [3.63, 3.8) is 0 Å². The second-order valence-corrected chi connectivity index (χ2v) is 5.60. The lowest BCUT2D eigenvalue weighted by Gasteiger charge is -2.12. The van der Waals surface area contributed by atoms with Gasteiger partial charge in [-0.15, -0.1) is 0 Å². The molecule has 21 heavy (non-hydrogen) atoms. The predicted molar refractivity (Wildman–Crippen MR) is 87.5 cm³/mol. The van der Waals surface area contributed by atoms with Crippen LogP contribution < -0.4 is 10.1 Å². The Morgan fingerprint density at radius 3 is 2.86 bits per heavy atom. The molecular weight excluding hydrogens is 334 g/mol. The standard InChI is InChI=1S/C16H24BrNO3/c1-3-10-21-15-8-7-14(17)11-13(15)12-18-9-5-6-16(19)20-4-2/h7-8,11,18H,3-6,9-10,12H2,1-2H3. The van der Waals surface area contributed by atoms with Crippen LogP contribution in [0.3, 0.4) is 0 Å². The maximum atomic E-state index is 11.2. The molecule has 0 amide bonds. The third-order valence-electron chi connectivity index (χ3n) is 2.84. The molecular formula is C16H24BrNO3. The number of esters is 1. The van der Waals surface area contributed by atoms with Crippen LogP contribution in [0.15, 0.2) is 22.7 Å². The largest absolute Gasteiger partial charge is 0.493 e. The molecule has 0 aliphatic carbocycles. The fraction of sp³-hybridized carbons (Fsp3) is 0.562. The van der Waals surface area contributed by atoms with Crippen LogP contribution in [0.1, 0.15) is 38.7 Å². The molecule has 0 aliphatic rings. The molecule has 0 atom stereocenters. The molecule has 0 bridgehead atoms. The Hall–Kier alpha value is -1.07. The van der Waals surface area contributed by atoms with Gasteiger partial charge < -0.3 is 14.8 Å². The maximum absolute atomic E-state index is 11.2. The van der Waals surface area contributed by atoms with E-state index in [9.17, 15) is 4.79 Å². The summed E-state index contributed by atoms with van der Waals surface area (Å²) in [6.07, 6.45) is 2.22. The minimum atomic E-state index is -0.131. The highest BCUT2D eigenvalue weighted by atomic mass is 79.9. The van der Waals surface area contributed by atoms with Crippen LogP contribution >= 0.6 is 15.9 Å². The first-order valence-electron chi connectivity index (χ1n) is 7.45. The lowest BCUT2D eigenvalue weighted by molar-refractivity contribution is -0.143. The minimum absolute atomic E-state index is 0.131. The van der Waals surface area contributed by atoms with Gasteiger partial charge in [0.1, 0.15) is 5.75 Å². The van der Waals surface area contributed by atoms with Crippen molar-refractivity contribution in [2.45, 2.75) is 39.7 Å². The third-order valence-corrected chi connectivity index (χ3v) is 3.33. The summed E-state index contributed by atoms with van der Waals surface area (Å²) in [6, 6.07) is 6.02. The van der Waals surface area contributed by atoms with Gasteiger partial charge in [0, 0.05) is 23.0 Å². The minimum Gasteiger partial charge on any atom is -0.493 e. The average molecular weight is 358 g/mol. The molecule has 118 valence electrons. The molecule has 0 aliphatic heterocycles. The fourth-order valence-electron chi connectivity index (χ4n) is 1.85. The van der Waals surface area contributed by atoms with Gasteiger partial charge in [-0.25, -0.2) is 0 Å². The van der Waals surface area contributed by atoms with Crippen molar-refractivity contribution in [1.82, 2.24) is 5.32 Å². The SMILES string of the molecule is CCCOc1ccc(Br)cc1CNCCCC(=O)OCC. The molecule has 1 rings (SSSR count). The van der Waals surface area contributed by atoms with Crippen LogP contribution in [0.4, 0.5) is 0 Å². The van der Waals surface area contributed by atoms with Gasteiger partial charge in [0.2, 0.25) is 0 Å². The van der Waals surface area contributed by atoms with Crippen molar-refractivity contribution in [1.29, 1.82) is 0 Å². The summed E-state index contributed by atoms with van der Waals surface area (Å²) in [5, 5.41) is 3.33. The van der Waals surface area contributed by atoms with E-state index in [0.717, 1.165) is 48.3 Å². The maximum Gasteiger partial charge on any atom is 0.305 e. The van der Waals surface area contributed by atoms with Crippen molar-refractivity contribution in [3.05, 3.63) is 28.2 Å². The zero-order valence-electron chi connectivity index (χ0n) is 12.8. The van der Waals surface area contributed by atoms with Crippen LogP contribution in [0.5, 0.6) is 5.75 Å². The Balaban J connectivity index is 2.36. The molecule has 0 unspecified atom stereocenters. The molecule has 0 saturated heterocycles. The van der Waals surface area contributed by atoms with Crippen molar-refractivity contribution >= 4 is 21.9 Å². The molecule has 0 radical (unpaired) electrons. The van der Waals surface area contributed by atoms with Crippen molar-refractivity contribution in [2.75, 3.05) is 19.8 Å². The topological polar surface area (TPSA) is 47.6 Å². The monoisotopic (exact) mass is 357 g/mol. The summed E-state index contributed by atoms with van der Waals surface area (Å²) in [4.78, 5) is 11.2. The zero-order valence-corrected chi connectivity index (χ0v) is 14.4. The quantitative estimate of drug-likeness (QED) is 0.512.